The predicted octanol–water partition coefficient (Wildman–Crippen LogP) is 3.52. The number of furan rings is 1. The van der Waals surface area contributed by atoms with E-state index in [0.29, 0.717) is 24.3 Å². The highest BCUT2D eigenvalue weighted by molar-refractivity contribution is 9.10. The SMILES string of the molecule is Cc1c(C(=O)NCCc2nnc3ccccn23)oc2ccc(Br)cc12. The molecular formula is C18H15BrN4O2. The topological polar surface area (TPSA) is 72.4 Å². The standard InChI is InChI=1S/C18H15BrN4O2/c1-11-13-10-12(19)5-6-14(13)25-17(11)18(24)20-8-7-16-22-21-15-4-2-3-9-23(15)16/h2-6,9-10H,7-8H2,1H3,(H,20,24). The third kappa shape index (κ3) is 2.91. The van der Waals surface area contributed by atoms with Crippen LogP contribution in [-0.2, 0) is 6.42 Å². The van der Waals surface area contributed by atoms with Crippen molar-refractivity contribution >= 4 is 38.5 Å². The van der Waals surface area contributed by atoms with E-state index >= 15 is 0 Å². The lowest BCUT2D eigenvalue weighted by Gasteiger charge is -2.03. The van der Waals surface area contributed by atoms with Crippen molar-refractivity contribution in [2.24, 2.45) is 0 Å². The molecular weight excluding hydrogens is 384 g/mol. The summed E-state index contributed by atoms with van der Waals surface area (Å²) in [5, 5.41) is 12.1. The molecule has 0 aliphatic carbocycles. The number of amides is 1. The van der Waals surface area contributed by atoms with Gasteiger partial charge in [0.05, 0.1) is 0 Å². The highest BCUT2D eigenvalue weighted by atomic mass is 79.9. The zero-order valence-corrected chi connectivity index (χ0v) is 15.1. The Morgan fingerprint density at radius 2 is 2.16 bits per heavy atom. The Bertz CT molecular complexity index is 1080. The minimum atomic E-state index is -0.223. The summed E-state index contributed by atoms with van der Waals surface area (Å²) in [5.41, 5.74) is 2.33. The molecule has 3 aromatic heterocycles. The van der Waals surface area contributed by atoms with Crippen LogP contribution in [0.25, 0.3) is 16.6 Å². The Hall–Kier alpha value is -2.67. The molecule has 1 N–H and O–H groups in total. The summed E-state index contributed by atoms with van der Waals surface area (Å²) in [5.74, 6) is 0.930. The van der Waals surface area contributed by atoms with Crippen LogP contribution in [0.4, 0.5) is 0 Å². The molecule has 0 atom stereocenters. The molecule has 0 bridgehead atoms. The summed E-state index contributed by atoms with van der Waals surface area (Å²) in [7, 11) is 0. The summed E-state index contributed by atoms with van der Waals surface area (Å²) >= 11 is 3.44. The van der Waals surface area contributed by atoms with Crippen LogP contribution in [0.2, 0.25) is 0 Å². The van der Waals surface area contributed by atoms with Crippen LogP contribution in [0.3, 0.4) is 0 Å². The molecule has 4 rings (SSSR count). The zero-order chi connectivity index (χ0) is 17.4. The maximum Gasteiger partial charge on any atom is 0.287 e. The molecule has 0 aliphatic heterocycles. The molecule has 4 aromatic rings. The van der Waals surface area contributed by atoms with Crippen LogP contribution in [0.1, 0.15) is 21.9 Å². The molecule has 0 aliphatic rings. The van der Waals surface area contributed by atoms with Crippen LogP contribution in [0.5, 0.6) is 0 Å². The average molecular weight is 399 g/mol. The number of hydrogen-bond donors (Lipinski definition) is 1. The van der Waals surface area contributed by atoms with Crippen molar-refractivity contribution in [2.45, 2.75) is 13.3 Å². The van der Waals surface area contributed by atoms with Gasteiger partial charge in [-0.05, 0) is 37.3 Å². The van der Waals surface area contributed by atoms with Gasteiger partial charge < -0.3 is 9.73 Å². The number of aryl methyl sites for hydroxylation is 1. The highest BCUT2D eigenvalue weighted by Crippen LogP contribution is 2.27. The smallest absolute Gasteiger partial charge is 0.287 e. The minimum Gasteiger partial charge on any atom is -0.451 e. The Kier molecular flexibility index (Phi) is 4.01. The lowest BCUT2D eigenvalue weighted by atomic mass is 10.1. The maximum atomic E-state index is 12.5. The Balaban J connectivity index is 1.48. The molecule has 25 heavy (non-hydrogen) atoms. The molecule has 6 nitrogen and oxygen atoms in total. The van der Waals surface area contributed by atoms with E-state index in [1.807, 2.05) is 53.9 Å². The fourth-order valence-corrected chi connectivity index (χ4v) is 3.20. The van der Waals surface area contributed by atoms with Crippen molar-refractivity contribution in [3.8, 4) is 0 Å². The van der Waals surface area contributed by atoms with E-state index in [4.69, 9.17) is 4.42 Å². The van der Waals surface area contributed by atoms with Gasteiger partial charge >= 0.3 is 0 Å². The summed E-state index contributed by atoms with van der Waals surface area (Å²) in [6.07, 6.45) is 2.50. The van der Waals surface area contributed by atoms with E-state index in [2.05, 4.69) is 31.4 Å². The van der Waals surface area contributed by atoms with Gasteiger partial charge in [0.15, 0.2) is 11.4 Å². The molecule has 0 unspecified atom stereocenters. The van der Waals surface area contributed by atoms with E-state index < -0.39 is 0 Å². The summed E-state index contributed by atoms with van der Waals surface area (Å²) in [6, 6.07) is 11.4. The number of aromatic nitrogens is 3. The molecule has 0 saturated carbocycles. The Morgan fingerprint density at radius 1 is 1.28 bits per heavy atom. The largest absolute Gasteiger partial charge is 0.451 e. The first-order chi connectivity index (χ1) is 12.1. The van der Waals surface area contributed by atoms with Gasteiger partial charge in [-0.25, -0.2) is 0 Å². The van der Waals surface area contributed by atoms with Crippen LogP contribution >= 0.6 is 15.9 Å². The molecule has 0 fully saturated rings. The highest BCUT2D eigenvalue weighted by Gasteiger charge is 2.17. The van der Waals surface area contributed by atoms with Crippen LogP contribution < -0.4 is 5.32 Å². The quantitative estimate of drug-likeness (QED) is 0.570. The second-order valence-electron chi connectivity index (χ2n) is 5.75. The number of halogens is 1. The number of carbonyl (C=O) groups excluding carboxylic acids is 1. The van der Waals surface area contributed by atoms with Gasteiger partial charge in [-0.1, -0.05) is 22.0 Å². The van der Waals surface area contributed by atoms with Crippen LogP contribution in [0.15, 0.2) is 51.5 Å². The predicted molar refractivity (Wildman–Crippen MR) is 97.7 cm³/mol. The molecule has 0 spiro atoms. The van der Waals surface area contributed by atoms with E-state index in [1.165, 1.54) is 0 Å². The molecule has 0 radical (unpaired) electrons. The number of nitrogens with zero attached hydrogens (tertiary/aromatic N) is 3. The summed E-state index contributed by atoms with van der Waals surface area (Å²) in [6.45, 7) is 2.34. The number of hydrogen-bond acceptors (Lipinski definition) is 4. The van der Waals surface area contributed by atoms with E-state index in [0.717, 1.165) is 26.9 Å². The zero-order valence-electron chi connectivity index (χ0n) is 13.5. The van der Waals surface area contributed by atoms with Gasteiger partial charge in [0.1, 0.15) is 11.4 Å². The van der Waals surface area contributed by atoms with Crippen LogP contribution in [-0.4, -0.2) is 27.0 Å². The molecule has 0 saturated heterocycles. The molecule has 1 amide bonds. The third-order valence-electron chi connectivity index (χ3n) is 4.12. The van der Waals surface area contributed by atoms with Gasteiger partial charge in [0.25, 0.3) is 5.91 Å². The van der Waals surface area contributed by atoms with Gasteiger partial charge in [-0.15, -0.1) is 10.2 Å². The van der Waals surface area contributed by atoms with Crippen molar-refractivity contribution in [1.82, 2.24) is 19.9 Å². The molecule has 3 heterocycles. The fourth-order valence-electron chi connectivity index (χ4n) is 2.84. The van der Waals surface area contributed by atoms with Crippen molar-refractivity contribution < 1.29 is 9.21 Å². The number of benzene rings is 1. The van der Waals surface area contributed by atoms with Crippen LogP contribution in [0, 0.1) is 6.92 Å². The summed E-state index contributed by atoms with van der Waals surface area (Å²) < 4.78 is 8.57. The average Bonchev–Trinajstić information content (AvgIpc) is 3.17. The van der Waals surface area contributed by atoms with Gasteiger partial charge in [0, 0.05) is 34.6 Å². The van der Waals surface area contributed by atoms with Gasteiger partial charge in [-0.2, -0.15) is 0 Å². The van der Waals surface area contributed by atoms with Crippen molar-refractivity contribution in [3.05, 3.63) is 64.2 Å². The monoisotopic (exact) mass is 398 g/mol. The lowest BCUT2D eigenvalue weighted by Crippen LogP contribution is -2.26. The van der Waals surface area contributed by atoms with E-state index in [9.17, 15) is 4.79 Å². The molecule has 1 aromatic carbocycles. The Labute approximate surface area is 152 Å². The second-order valence-corrected chi connectivity index (χ2v) is 6.66. The minimum absolute atomic E-state index is 0.223. The van der Waals surface area contributed by atoms with E-state index in [1.54, 1.807) is 0 Å². The number of fused-ring (bicyclic) bond motifs is 2. The first kappa shape index (κ1) is 15.8. The number of rotatable bonds is 4. The molecule has 7 heteroatoms. The maximum absolute atomic E-state index is 12.5. The fraction of sp³-hybridized carbons (Fsp3) is 0.167. The van der Waals surface area contributed by atoms with Crippen molar-refractivity contribution in [2.75, 3.05) is 6.54 Å². The lowest BCUT2D eigenvalue weighted by molar-refractivity contribution is 0.0927. The van der Waals surface area contributed by atoms with Gasteiger partial charge in [0.2, 0.25) is 0 Å². The normalized spacial score (nSPS) is 11.3. The summed E-state index contributed by atoms with van der Waals surface area (Å²) in [4.78, 5) is 12.5. The second kappa shape index (κ2) is 6.33. The Morgan fingerprint density at radius 3 is 3.04 bits per heavy atom. The third-order valence-corrected chi connectivity index (χ3v) is 4.62. The first-order valence-electron chi connectivity index (χ1n) is 7.89. The van der Waals surface area contributed by atoms with Gasteiger partial charge in [-0.3, -0.25) is 9.20 Å². The first-order valence-corrected chi connectivity index (χ1v) is 8.68. The number of pyridine rings is 1. The van der Waals surface area contributed by atoms with Crippen molar-refractivity contribution in [3.63, 3.8) is 0 Å². The number of nitrogens with one attached hydrogen (secondary N) is 1. The molecule has 126 valence electrons. The van der Waals surface area contributed by atoms with E-state index in [-0.39, 0.29) is 5.91 Å². The van der Waals surface area contributed by atoms with Crippen molar-refractivity contribution in [1.29, 1.82) is 0 Å². The number of carbonyl (C=O) groups is 1.